The van der Waals surface area contributed by atoms with Crippen molar-refractivity contribution in [3.05, 3.63) is 0 Å². The third-order valence-electron chi connectivity index (χ3n) is 0.816. The quantitative estimate of drug-likeness (QED) is 0.463. The van der Waals surface area contributed by atoms with E-state index in [4.69, 9.17) is 0 Å². The predicted molar refractivity (Wildman–Crippen MR) is 68.0 cm³/mol. The van der Waals surface area contributed by atoms with E-state index in [1.165, 1.54) is 12.8 Å². The molecule has 0 aromatic carbocycles. The molecule has 0 amide bonds. The minimum absolute atomic E-state index is 0. The van der Waals surface area contributed by atoms with Crippen molar-refractivity contribution in [2.24, 2.45) is 5.92 Å². The molecule has 0 radical (unpaired) electrons. The van der Waals surface area contributed by atoms with Crippen molar-refractivity contribution < 1.29 is 0 Å². The minimum Gasteiger partial charge on any atom is -0.0776 e. The van der Waals surface area contributed by atoms with Crippen LogP contribution in [0.5, 0.6) is 0 Å². The fraction of sp³-hybridized carbons (Fsp3) is 1.00. The van der Waals surface area contributed by atoms with Gasteiger partial charge in [0, 0.05) is 0 Å². The zero-order valence-electron chi connectivity index (χ0n) is 6.99. The largest absolute Gasteiger partial charge is 0.0776 e. The maximum Gasteiger partial charge on any atom is -0.0474 e. The van der Waals surface area contributed by atoms with E-state index in [-0.39, 0.29) is 29.7 Å². The van der Waals surface area contributed by atoms with Gasteiger partial charge in [-0.3, -0.25) is 0 Å². The Morgan fingerprint density at radius 2 is 0.833 bits per heavy atom. The van der Waals surface area contributed by atoms with Gasteiger partial charge in [0.05, 0.1) is 0 Å². The van der Waals surface area contributed by atoms with Gasteiger partial charge in [-0.15, -0.1) is 0 Å². The highest BCUT2D eigenvalue weighted by molar-refractivity contribution is 4.32. The molecule has 0 aromatic heterocycles. The van der Waals surface area contributed by atoms with E-state index in [9.17, 15) is 0 Å². The lowest BCUT2D eigenvalue weighted by Crippen LogP contribution is -1.77. The molecule has 0 aromatic rings. The summed E-state index contributed by atoms with van der Waals surface area (Å²) in [4.78, 5) is 0. The summed E-state index contributed by atoms with van der Waals surface area (Å²) in [6, 6.07) is 0. The van der Waals surface area contributed by atoms with Crippen LogP contribution in [-0.2, 0) is 0 Å². The number of rotatable bonds is 1. The molecule has 0 saturated heterocycles. The highest BCUT2D eigenvalue weighted by Gasteiger charge is 1.80. The summed E-state index contributed by atoms with van der Waals surface area (Å²) in [7, 11) is 0. The van der Waals surface area contributed by atoms with Gasteiger partial charge < -0.3 is 0 Å². The first-order valence-electron chi connectivity index (χ1n) is 3.68. The molecule has 0 nitrogen and oxygen atoms in total. The number of hydrogen-bond acceptors (Lipinski definition) is 0. The predicted octanol–water partition coefficient (Wildman–Crippen LogP) is 6.01. The van der Waals surface area contributed by atoms with Gasteiger partial charge in [0.1, 0.15) is 0 Å². The first kappa shape index (κ1) is 40.3. The molecule has 0 aliphatic rings. The second kappa shape index (κ2) is 44.0. The van der Waals surface area contributed by atoms with Crippen LogP contribution in [-0.4, -0.2) is 0 Å². The van der Waals surface area contributed by atoms with Gasteiger partial charge in [0.25, 0.3) is 0 Å². The first-order chi connectivity index (χ1) is 3.68. The summed E-state index contributed by atoms with van der Waals surface area (Å²) >= 11 is 0. The van der Waals surface area contributed by atoms with Crippen molar-refractivity contribution >= 4 is 0 Å². The Hall–Kier alpha value is 0. The first-order valence-corrected chi connectivity index (χ1v) is 3.68. The van der Waals surface area contributed by atoms with E-state index < -0.39 is 0 Å². The number of hydrogen-bond donors (Lipinski definition) is 0. The molecule has 0 N–H and O–H groups in total. The van der Waals surface area contributed by atoms with Crippen molar-refractivity contribution in [2.75, 3.05) is 0 Å². The molecule has 0 aliphatic carbocycles. The molecule has 84 valence electrons. The molecule has 0 heterocycles. The average Bonchev–Trinajstić information content (AvgIpc) is 1.69. The van der Waals surface area contributed by atoms with Crippen LogP contribution in [0.25, 0.3) is 0 Å². The zero-order valence-corrected chi connectivity index (χ0v) is 6.99. The molecule has 0 atom stereocenters. The van der Waals surface area contributed by atoms with Crippen LogP contribution >= 0.6 is 0 Å². The summed E-state index contributed by atoms with van der Waals surface area (Å²) in [5.41, 5.74) is 0. The van der Waals surface area contributed by atoms with Gasteiger partial charge in [0.2, 0.25) is 0 Å². The Morgan fingerprint density at radius 3 is 0.833 bits per heavy atom. The van der Waals surface area contributed by atoms with Crippen molar-refractivity contribution in [1.29, 1.82) is 0 Å². The van der Waals surface area contributed by atoms with E-state index in [0.29, 0.717) is 0 Å². The van der Waals surface area contributed by atoms with Gasteiger partial charge in [-0.1, -0.05) is 77.2 Å². The Kier molecular flexibility index (Phi) is 148. The van der Waals surface area contributed by atoms with Crippen LogP contribution in [0.1, 0.15) is 77.2 Å². The lowest BCUT2D eigenvalue weighted by atomic mass is 10.2. The standard InChI is InChI=1S/C5H12.C3H8.4CH4/c1-4-5(2)3;1-3-2;;;;/h5H,4H2,1-3H3;3H2,1-2H3;4*1H4. The molecule has 0 saturated carbocycles. The lowest BCUT2D eigenvalue weighted by molar-refractivity contribution is 0.626. The van der Waals surface area contributed by atoms with Crippen molar-refractivity contribution in [1.82, 2.24) is 0 Å². The molecule has 0 heteroatoms. The highest BCUT2D eigenvalue weighted by atomic mass is 13.9. The zero-order chi connectivity index (χ0) is 6.99. The van der Waals surface area contributed by atoms with E-state index in [2.05, 4.69) is 34.6 Å². The molecule has 0 rings (SSSR count). The van der Waals surface area contributed by atoms with E-state index in [0.717, 1.165) is 5.92 Å². The molecule has 12 heavy (non-hydrogen) atoms. The van der Waals surface area contributed by atoms with Crippen LogP contribution in [0.4, 0.5) is 0 Å². The fourth-order valence-corrected chi connectivity index (χ4v) is 0. The summed E-state index contributed by atoms with van der Waals surface area (Å²) in [5.74, 6) is 0.884. The molecular weight excluding hydrogens is 144 g/mol. The van der Waals surface area contributed by atoms with Gasteiger partial charge in [-0.05, 0) is 5.92 Å². The van der Waals surface area contributed by atoms with Gasteiger partial charge in [0.15, 0.2) is 0 Å². The van der Waals surface area contributed by atoms with Gasteiger partial charge >= 0.3 is 0 Å². The molecular formula is C12H36. The summed E-state index contributed by atoms with van der Waals surface area (Å²) in [5, 5.41) is 0. The lowest BCUT2D eigenvalue weighted by Gasteiger charge is -1.90. The monoisotopic (exact) mass is 180 g/mol. The second-order valence-electron chi connectivity index (χ2n) is 2.51. The van der Waals surface area contributed by atoms with Crippen molar-refractivity contribution in [3.63, 3.8) is 0 Å². The van der Waals surface area contributed by atoms with E-state index in [1.807, 2.05) is 0 Å². The normalized spacial score (nSPS) is 5.50. The second-order valence-corrected chi connectivity index (χ2v) is 2.51. The minimum atomic E-state index is 0. The average molecular weight is 180 g/mol. The van der Waals surface area contributed by atoms with Crippen molar-refractivity contribution in [3.8, 4) is 0 Å². The maximum atomic E-state index is 2.22. The Bertz CT molecular complexity index is 21.2. The molecule has 0 bridgehead atoms. The molecule has 0 aliphatic heterocycles. The topological polar surface area (TPSA) is 0 Å². The molecule has 0 fully saturated rings. The summed E-state index contributed by atoms with van der Waals surface area (Å²) in [6.07, 6.45) is 2.56. The van der Waals surface area contributed by atoms with Gasteiger partial charge in [-0.25, -0.2) is 0 Å². The van der Waals surface area contributed by atoms with Crippen LogP contribution in [0, 0.1) is 5.92 Å². The highest BCUT2D eigenvalue weighted by Crippen LogP contribution is 1.93. The molecule has 0 spiro atoms. The Morgan fingerprint density at radius 1 is 0.750 bits per heavy atom. The smallest absolute Gasteiger partial charge is 0.0474 e. The third kappa shape index (κ3) is 202. The van der Waals surface area contributed by atoms with Crippen LogP contribution in [0.3, 0.4) is 0 Å². The van der Waals surface area contributed by atoms with E-state index in [1.54, 1.807) is 0 Å². The molecule has 0 unspecified atom stereocenters. The fourth-order valence-electron chi connectivity index (χ4n) is 0. The Labute approximate surface area is 83.8 Å². The Balaban J connectivity index is -0.0000000119. The van der Waals surface area contributed by atoms with Crippen LogP contribution in [0.15, 0.2) is 0 Å². The summed E-state index contributed by atoms with van der Waals surface area (Å²) in [6.45, 7) is 10.9. The van der Waals surface area contributed by atoms with Crippen molar-refractivity contribution in [2.45, 2.75) is 77.2 Å². The maximum absolute atomic E-state index is 2.22. The van der Waals surface area contributed by atoms with Crippen LogP contribution in [0.2, 0.25) is 0 Å². The third-order valence-corrected chi connectivity index (χ3v) is 0.816. The summed E-state index contributed by atoms with van der Waals surface area (Å²) < 4.78 is 0. The SMILES string of the molecule is C.C.C.C.CCC.CCC(C)C. The van der Waals surface area contributed by atoms with Crippen LogP contribution < -0.4 is 0 Å². The van der Waals surface area contributed by atoms with Gasteiger partial charge in [-0.2, -0.15) is 0 Å². The van der Waals surface area contributed by atoms with E-state index >= 15 is 0 Å².